The molecule has 11 heavy (non-hydrogen) atoms. The maximum Gasteiger partial charge on any atom is 0.325 e. The van der Waals surface area contributed by atoms with E-state index >= 15 is 0 Å². The molecule has 0 saturated carbocycles. The number of rotatable bonds is 4. The van der Waals surface area contributed by atoms with Crippen LogP contribution in [0.2, 0.25) is 0 Å². The molecule has 0 fully saturated rings. The van der Waals surface area contributed by atoms with Gasteiger partial charge in [0.15, 0.2) is 0 Å². The summed E-state index contributed by atoms with van der Waals surface area (Å²) in [4.78, 5) is 10.7. The zero-order valence-corrected chi connectivity index (χ0v) is 6.87. The molecule has 0 rings (SSSR count). The predicted octanol–water partition coefficient (Wildman–Crippen LogP) is 0.291. The summed E-state index contributed by atoms with van der Waals surface area (Å²) in [6, 6.07) is -0.649. The van der Waals surface area contributed by atoms with Crippen LogP contribution in [-0.4, -0.2) is 18.8 Å². The molecule has 0 bridgehead atoms. The van der Waals surface area contributed by atoms with Gasteiger partial charge in [0.25, 0.3) is 0 Å². The Morgan fingerprint density at radius 1 is 1.55 bits per heavy atom. The highest BCUT2D eigenvalue weighted by Crippen LogP contribution is 2.03. The lowest BCUT2D eigenvalue weighted by molar-refractivity contribution is -0.157. The van der Waals surface area contributed by atoms with Crippen molar-refractivity contribution in [2.24, 2.45) is 11.7 Å². The molecule has 1 atom stereocenters. The highest BCUT2D eigenvalue weighted by Gasteiger charge is 2.15. The quantitative estimate of drug-likeness (QED) is 0.474. The van der Waals surface area contributed by atoms with Crippen molar-refractivity contribution in [3.63, 3.8) is 0 Å². The van der Waals surface area contributed by atoms with E-state index in [1.54, 1.807) is 0 Å². The van der Waals surface area contributed by atoms with Gasteiger partial charge < -0.3 is 10.5 Å². The summed E-state index contributed by atoms with van der Waals surface area (Å²) < 4.78 is 4.19. The summed E-state index contributed by atoms with van der Waals surface area (Å²) in [6.45, 7) is 3.05. The first-order valence-electron chi connectivity index (χ1n) is 3.58. The third-order valence-corrected chi connectivity index (χ3v) is 1.23. The molecule has 1 radical (unpaired) electrons. The molecule has 2 N–H and O–H groups in total. The largest absolute Gasteiger partial charge is 0.434 e. The first-order chi connectivity index (χ1) is 5.07. The average Bonchev–Trinajstić information content (AvgIpc) is 1.86. The van der Waals surface area contributed by atoms with Crippen LogP contribution in [0.3, 0.4) is 0 Å². The van der Waals surface area contributed by atoms with Gasteiger partial charge in [-0.05, 0) is 12.3 Å². The molecule has 0 heterocycles. The number of carbonyl (C=O) groups is 1. The molecule has 0 aromatic heterocycles. The Labute approximate surface area is 66.3 Å². The SMILES string of the molecule is CC(C)C[C@H](N)C(=O)OC[O]. The van der Waals surface area contributed by atoms with Crippen molar-refractivity contribution in [3.8, 4) is 0 Å². The molecule has 0 aliphatic heterocycles. The molecular formula is C7H14NO3. The van der Waals surface area contributed by atoms with E-state index in [1.807, 2.05) is 13.8 Å². The van der Waals surface area contributed by atoms with E-state index in [0.29, 0.717) is 12.3 Å². The Bertz CT molecular complexity index is 125. The monoisotopic (exact) mass is 160 g/mol. The summed E-state index contributed by atoms with van der Waals surface area (Å²) in [5.41, 5.74) is 5.39. The van der Waals surface area contributed by atoms with Crippen molar-refractivity contribution in [1.29, 1.82) is 0 Å². The maximum absolute atomic E-state index is 10.7. The minimum absolute atomic E-state index is 0.337. The van der Waals surface area contributed by atoms with Gasteiger partial charge in [0.1, 0.15) is 6.04 Å². The van der Waals surface area contributed by atoms with Crippen molar-refractivity contribution in [3.05, 3.63) is 0 Å². The first kappa shape index (κ1) is 10.4. The second-order valence-corrected chi connectivity index (χ2v) is 2.82. The fourth-order valence-corrected chi connectivity index (χ4v) is 0.769. The minimum atomic E-state index is -0.843. The Morgan fingerprint density at radius 2 is 2.09 bits per heavy atom. The van der Waals surface area contributed by atoms with Gasteiger partial charge >= 0.3 is 5.97 Å². The van der Waals surface area contributed by atoms with E-state index < -0.39 is 18.8 Å². The van der Waals surface area contributed by atoms with E-state index in [4.69, 9.17) is 5.73 Å². The lowest BCUT2D eigenvalue weighted by atomic mass is 10.1. The van der Waals surface area contributed by atoms with Gasteiger partial charge in [0.05, 0.1) is 0 Å². The predicted molar refractivity (Wildman–Crippen MR) is 39.1 cm³/mol. The number of ether oxygens (including phenoxy) is 1. The minimum Gasteiger partial charge on any atom is -0.434 e. The summed E-state index contributed by atoms with van der Waals surface area (Å²) >= 11 is 0. The van der Waals surface area contributed by atoms with Crippen LogP contribution in [-0.2, 0) is 14.6 Å². The van der Waals surface area contributed by atoms with Gasteiger partial charge in [0, 0.05) is 0 Å². The van der Waals surface area contributed by atoms with Crippen molar-refractivity contribution in [1.82, 2.24) is 0 Å². The summed E-state index contributed by atoms with van der Waals surface area (Å²) in [5.74, 6) is -0.266. The molecule has 0 aliphatic rings. The number of carbonyl (C=O) groups excluding carboxylic acids is 1. The summed E-state index contributed by atoms with van der Waals surface area (Å²) in [5, 5.41) is 9.83. The highest BCUT2D eigenvalue weighted by atomic mass is 16.6. The second-order valence-electron chi connectivity index (χ2n) is 2.82. The molecule has 0 spiro atoms. The molecule has 65 valence electrons. The number of hydrogen-bond donors (Lipinski definition) is 1. The van der Waals surface area contributed by atoms with Crippen molar-refractivity contribution in [2.75, 3.05) is 6.79 Å². The van der Waals surface area contributed by atoms with Crippen molar-refractivity contribution < 1.29 is 14.6 Å². The van der Waals surface area contributed by atoms with Crippen molar-refractivity contribution in [2.45, 2.75) is 26.3 Å². The third kappa shape index (κ3) is 4.75. The number of nitrogens with two attached hydrogens (primary N) is 1. The van der Waals surface area contributed by atoms with Crippen LogP contribution < -0.4 is 5.73 Å². The first-order valence-corrected chi connectivity index (χ1v) is 3.58. The van der Waals surface area contributed by atoms with Gasteiger partial charge in [0.2, 0.25) is 6.79 Å². The third-order valence-electron chi connectivity index (χ3n) is 1.23. The van der Waals surface area contributed by atoms with Crippen LogP contribution in [0.15, 0.2) is 0 Å². The molecule has 0 aromatic carbocycles. The number of hydrogen-bond acceptors (Lipinski definition) is 3. The van der Waals surface area contributed by atoms with Crippen LogP contribution in [0.25, 0.3) is 0 Å². The zero-order valence-electron chi connectivity index (χ0n) is 6.87. The van der Waals surface area contributed by atoms with Gasteiger partial charge in [-0.25, -0.2) is 0 Å². The molecule has 4 nitrogen and oxygen atoms in total. The van der Waals surface area contributed by atoms with Gasteiger partial charge in [-0.15, -0.1) is 0 Å². The summed E-state index contributed by atoms with van der Waals surface area (Å²) in [6.07, 6.45) is 0.554. The smallest absolute Gasteiger partial charge is 0.325 e. The van der Waals surface area contributed by atoms with Crippen LogP contribution in [0.5, 0.6) is 0 Å². The topological polar surface area (TPSA) is 72.2 Å². The molecule has 0 saturated heterocycles. The zero-order chi connectivity index (χ0) is 8.85. The van der Waals surface area contributed by atoms with Crippen LogP contribution in [0.1, 0.15) is 20.3 Å². The van der Waals surface area contributed by atoms with Crippen molar-refractivity contribution >= 4 is 5.97 Å². The van der Waals surface area contributed by atoms with E-state index in [9.17, 15) is 9.90 Å². The highest BCUT2D eigenvalue weighted by molar-refractivity contribution is 5.75. The van der Waals surface area contributed by atoms with Gasteiger partial charge in [-0.3, -0.25) is 4.79 Å². The standard InChI is InChI=1S/C7H14NO3/c1-5(2)3-6(8)7(10)11-4-9/h5-6H,3-4,8H2,1-2H3/t6-/m0/s1. The Kier molecular flexibility index (Phi) is 4.81. The number of esters is 1. The summed E-state index contributed by atoms with van der Waals surface area (Å²) in [7, 11) is 0. The Balaban J connectivity index is 3.64. The Hall–Kier alpha value is -0.610. The molecule has 4 heteroatoms. The lowest BCUT2D eigenvalue weighted by Gasteiger charge is -2.11. The Morgan fingerprint density at radius 3 is 2.45 bits per heavy atom. The fraction of sp³-hybridized carbons (Fsp3) is 0.857. The normalized spacial score (nSPS) is 13.2. The van der Waals surface area contributed by atoms with Crippen LogP contribution in [0.4, 0.5) is 0 Å². The van der Waals surface area contributed by atoms with E-state index in [-0.39, 0.29) is 0 Å². The van der Waals surface area contributed by atoms with E-state index in [2.05, 4.69) is 4.74 Å². The molecule has 0 aliphatic carbocycles. The van der Waals surface area contributed by atoms with Gasteiger partial charge in [-0.2, -0.15) is 5.11 Å². The van der Waals surface area contributed by atoms with Crippen LogP contribution >= 0.6 is 0 Å². The lowest BCUT2D eigenvalue weighted by Crippen LogP contribution is -2.33. The average molecular weight is 160 g/mol. The second kappa shape index (κ2) is 5.09. The van der Waals surface area contributed by atoms with Crippen LogP contribution in [0, 0.1) is 5.92 Å². The van der Waals surface area contributed by atoms with E-state index in [0.717, 1.165) is 0 Å². The fourth-order valence-electron chi connectivity index (χ4n) is 0.769. The maximum atomic E-state index is 10.7. The molecule has 0 aromatic rings. The molecule has 0 unspecified atom stereocenters. The molecular weight excluding hydrogens is 146 g/mol. The molecule has 0 amide bonds. The van der Waals surface area contributed by atoms with E-state index in [1.165, 1.54) is 0 Å². The van der Waals surface area contributed by atoms with Gasteiger partial charge in [-0.1, -0.05) is 13.8 Å².